The monoisotopic (exact) mass is 371 g/mol. The van der Waals surface area contributed by atoms with E-state index in [9.17, 15) is 4.79 Å². The third-order valence-electron chi connectivity index (χ3n) is 4.98. The van der Waals surface area contributed by atoms with E-state index >= 15 is 0 Å². The summed E-state index contributed by atoms with van der Waals surface area (Å²) in [6.07, 6.45) is 1.63. The Bertz CT molecular complexity index is 815. The Balaban J connectivity index is 1.68. The van der Waals surface area contributed by atoms with Gasteiger partial charge in [-0.05, 0) is 19.0 Å². The highest BCUT2D eigenvalue weighted by Gasteiger charge is 2.22. The number of likely N-dealkylation sites (N-methyl/N-ethyl adjacent to an activating group) is 1. The highest BCUT2D eigenvalue weighted by atomic mass is 32.2. The Morgan fingerprint density at radius 2 is 1.88 bits per heavy atom. The lowest BCUT2D eigenvalue weighted by Gasteiger charge is -2.33. The number of aromatic nitrogens is 2. The maximum atomic E-state index is 13.2. The molecule has 0 bridgehead atoms. The van der Waals surface area contributed by atoms with Crippen molar-refractivity contribution in [1.29, 1.82) is 0 Å². The van der Waals surface area contributed by atoms with Crippen LogP contribution < -0.4 is 11.0 Å². The summed E-state index contributed by atoms with van der Waals surface area (Å²) in [6.45, 7) is 4.65. The number of nitrogens with zero attached hydrogens (tertiary/aromatic N) is 4. The summed E-state index contributed by atoms with van der Waals surface area (Å²) in [5.41, 5.74) is 5.45. The Kier molecular flexibility index (Phi) is 5.28. The minimum absolute atomic E-state index is 0.0997. The van der Waals surface area contributed by atoms with Crippen LogP contribution in [0.25, 0.3) is 0 Å². The van der Waals surface area contributed by atoms with E-state index in [1.165, 1.54) is 0 Å². The smallest absolute Gasteiger partial charge is 0.259 e. The first-order valence-electron chi connectivity index (χ1n) is 9.21. The number of hydrazine groups is 1. The quantitative estimate of drug-likeness (QED) is 0.829. The lowest BCUT2D eigenvalue weighted by atomic mass is 10.1. The molecule has 0 amide bonds. The average molecular weight is 372 g/mol. The fourth-order valence-corrected chi connectivity index (χ4v) is 4.33. The van der Waals surface area contributed by atoms with Crippen molar-refractivity contribution in [2.45, 2.75) is 24.5 Å². The third kappa shape index (κ3) is 3.79. The average Bonchev–Trinajstić information content (AvgIpc) is 2.67. The molecule has 7 heteroatoms. The van der Waals surface area contributed by atoms with Gasteiger partial charge in [-0.25, -0.2) is 9.99 Å². The Labute approximate surface area is 158 Å². The van der Waals surface area contributed by atoms with Gasteiger partial charge in [-0.2, -0.15) is 0 Å². The molecule has 3 heterocycles. The number of hydrogen-bond donors (Lipinski definition) is 1. The zero-order valence-corrected chi connectivity index (χ0v) is 16.0. The minimum atomic E-state index is 0.0997. The van der Waals surface area contributed by atoms with Crippen molar-refractivity contribution >= 4 is 17.6 Å². The zero-order valence-electron chi connectivity index (χ0n) is 15.1. The normalized spacial score (nSPS) is 18.5. The van der Waals surface area contributed by atoms with Crippen molar-refractivity contribution in [3.8, 4) is 0 Å². The highest BCUT2D eigenvalue weighted by Crippen LogP contribution is 2.25. The van der Waals surface area contributed by atoms with Gasteiger partial charge in [0, 0.05) is 44.9 Å². The van der Waals surface area contributed by atoms with Crippen molar-refractivity contribution in [2.24, 2.45) is 0 Å². The Morgan fingerprint density at radius 1 is 1.12 bits per heavy atom. The zero-order chi connectivity index (χ0) is 17.9. The molecule has 138 valence electrons. The number of hydrogen-bond acceptors (Lipinski definition) is 6. The molecular weight excluding hydrogens is 346 g/mol. The standard InChI is InChI=1S/C19H25N5OS/c1-22-9-11-23(12-10-22)21-17-16(14-15-6-3-2-4-7-15)18(25)24-8-5-13-26-19(24)20-17/h2-4,6-7,21H,5,8-14H2,1H3. The summed E-state index contributed by atoms with van der Waals surface area (Å²) < 4.78 is 1.85. The van der Waals surface area contributed by atoms with Gasteiger partial charge in [0.15, 0.2) is 11.0 Å². The molecule has 0 spiro atoms. The summed E-state index contributed by atoms with van der Waals surface area (Å²) in [6, 6.07) is 10.2. The van der Waals surface area contributed by atoms with Crippen LogP contribution in [-0.2, 0) is 13.0 Å². The molecular formula is C19H25N5OS. The molecule has 1 N–H and O–H groups in total. The third-order valence-corrected chi connectivity index (χ3v) is 6.04. The minimum Gasteiger partial charge on any atom is -0.304 e. The molecule has 26 heavy (non-hydrogen) atoms. The number of nitrogens with one attached hydrogen (secondary N) is 1. The molecule has 0 unspecified atom stereocenters. The van der Waals surface area contributed by atoms with Crippen molar-refractivity contribution in [3.05, 3.63) is 51.8 Å². The van der Waals surface area contributed by atoms with E-state index in [2.05, 4.69) is 34.5 Å². The summed E-state index contributed by atoms with van der Waals surface area (Å²) in [5.74, 6) is 1.75. The summed E-state index contributed by atoms with van der Waals surface area (Å²) in [5, 5.41) is 3.02. The van der Waals surface area contributed by atoms with E-state index in [1.807, 2.05) is 22.8 Å². The summed E-state index contributed by atoms with van der Waals surface area (Å²) in [4.78, 5) is 20.3. The van der Waals surface area contributed by atoms with Crippen molar-refractivity contribution in [1.82, 2.24) is 19.5 Å². The lowest BCUT2D eigenvalue weighted by Crippen LogP contribution is -2.47. The largest absolute Gasteiger partial charge is 0.304 e. The predicted octanol–water partition coefficient (Wildman–Crippen LogP) is 1.90. The highest BCUT2D eigenvalue weighted by molar-refractivity contribution is 7.99. The fraction of sp³-hybridized carbons (Fsp3) is 0.474. The molecule has 1 aromatic carbocycles. The molecule has 1 saturated heterocycles. The van der Waals surface area contributed by atoms with Gasteiger partial charge in [-0.1, -0.05) is 42.1 Å². The van der Waals surface area contributed by atoms with Gasteiger partial charge < -0.3 is 10.3 Å². The fourth-order valence-electron chi connectivity index (χ4n) is 3.39. The van der Waals surface area contributed by atoms with Gasteiger partial charge in [0.05, 0.1) is 5.56 Å². The molecule has 2 aliphatic rings. The molecule has 6 nitrogen and oxygen atoms in total. The van der Waals surface area contributed by atoms with Crippen LogP contribution in [0.5, 0.6) is 0 Å². The van der Waals surface area contributed by atoms with Gasteiger partial charge >= 0.3 is 0 Å². The molecule has 0 atom stereocenters. The molecule has 1 aromatic heterocycles. The van der Waals surface area contributed by atoms with Gasteiger partial charge in [0.25, 0.3) is 5.56 Å². The number of piperazine rings is 1. The van der Waals surface area contributed by atoms with Crippen molar-refractivity contribution in [3.63, 3.8) is 0 Å². The second-order valence-electron chi connectivity index (χ2n) is 6.94. The van der Waals surface area contributed by atoms with Crippen molar-refractivity contribution in [2.75, 3.05) is 44.4 Å². The number of fused-ring (bicyclic) bond motifs is 1. The molecule has 1 fully saturated rings. The van der Waals surface area contributed by atoms with Crippen LogP contribution in [0.1, 0.15) is 17.5 Å². The number of anilines is 1. The van der Waals surface area contributed by atoms with Crippen molar-refractivity contribution < 1.29 is 0 Å². The summed E-state index contributed by atoms with van der Waals surface area (Å²) >= 11 is 1.68. The van der Waals surface area contributed by atoms with Gasteiger partial charge in [-0.3, -0.25) is 9.36 Å². The first kappa shape index (κ1) is 17.6. The van der Waals surface area contributed by atoms with E-state index in [0.717, 1.165) is 67.0 Å². The second kappa shape index (κ2) is 7.82. The van der Waals surface area contributed by atoms with Crippen LogP contribution in [0.2, 0.25) is 0 Å². The van der Waals surface area contributed by atoms with Gasteiger partial charge in [-0.15, -0.1) is 0 Å². The Morgan fingerprint density at radius 3 is 2.65 bits per heavy atom. The van der Waals surface area contributed by atoms with Gasteiger partial charge in [0.2, 0.25) is 0 Å². The number of rotatable bonds is 4. The number of thioether (sulfide) groups is 1. The van der Waals surface area contributed by atoms with E-state index < -0.39 is 0 Å². The molecule has 2 aromatic rings. The lowest BCUT2D eigenvalue weighted by molar-refractivity contribution is 0.178. The first-order chi connectivity index (χ1) is 12.7. The molecule has 4 rings (SSSR count). The second-order valence-corrected chi connectivity index (χ2v) is 8.01. The maximum Gasteiger partial charge on any atom is 0.259 e. The maximum absolute atomic E-state index is 13.2. The van der Waals surface area contributed by atoms with E-state index in [4.69, 9.17) is 4.98 Å². The first-order valence-corrected chi connectivity index (χ1v) is 10.2. The van der Waals surface area contributed by atoms with Crippen LogP contribution in [0.15, 0.2) is 40.3 Å². The van der Waals surface area contributed by atoms with Crippen LogP contribution in [0, 0.1) is 0 Å². The van der Waals surface area contributed by atoms with Crippen LogP contribution >= 0.6 is 11.8 Å². The topological polar surface area (TPSA) is 53.4 Å². The van der Waals surface area contributed by atoms with Gasteiger partial charge in [0.1, 0.15) is 0 Å². The molecule has 0 saturated carbocycles. The van der Waals surface area contributed by atoms with Crippen LogP contribution in [0.3, 0.4) is 0 Å². The molecule has 0 radical (unpaired) electrons. The summed E-state index contributed by atoms with van der Waals surface area (Å²) in [7, 11) is 2.14. The predicted molar refractivity (Wildman–Crippen MR) is 106 cm³/mol. The van der Waals surface area contributed by atoms with E-state index in [1.54, 1.807) is 11.8 Å². The van der Waals surface area contributed by atoms with E-state index in [0.29, 0.717) is 6.42 Å². The van der Waals surface area contributed by atoms with E-state index in [-0.39, 0.29) is 5.56 Å². The molecule has 2 aliphatic heterocycles. The molecule has 0 aliphatic carbocycles. The number of benzene rings is 1. The van der Waals surface area contributed by atoms with Crippen LogP contribution in [-0.4, -0.2) is 58.4 Å². The Hall–Kier alpha value is -1.83. The van der Waals surface area contributed by atoms with Crippen LogP contribution in [0.4, 0.5) is 5.82 Å². The SMILES string of the molecule is CN1CCN(Nc2nc3n(c(=O)c2Cc2ccccc2)CCCS3)CC1.